The smallest absolute Gasteiger partial charge is 0.252 e. The summed E-state index contributed by atoms with van der Waals surface area (Å²) in [5.41, 5.74) is 18.3. The number of rotatable bonds is 3. The average molecular weight is 862 g/mol. The third-order valence-corrected chi connectivity index (χ3v) is 14.2. The fraction of sp³-hybridized carbons (Fsp3) is 0.262. The summed E-state index contributed by atoms with van der Waals surface area (Å²) in [5, 5.41) is 4.89. The molecule has 328 valence electrons. The molecule has 2 aliphatic rings. The van der Waals surface area contributed by atoms with Crippen LogP contribution in [0.4, 0.5) is 34.1 Å². The minimum absolute atomic E-state index is 0.0693. The maximum absolute atomic E-state index is 6.76. The van der Waals surface area contributed by atoms with Crippen LogP contribution < -0.4 is 26.2 Å². The molecular formula is C61H60BN3O. The molecule has 9 aromatic rings. The van der Waals surface area contributed by atoms with Gasteiger partial charge in [-0.1, -0.05) is 180 Å². The van der Waals surface area contributed by atoms with Gasteiger partial charge < -0.3 is 14.2 Å². The molecule has 66 heavy (non-hydrogen) atoms. The van der Waals surface area contributed by atoms with Crippen molar-refractivity contribution in [3.63, 3.8) is 0 Å². The summed E-state index contributed by atoms with van der Waals surface area (Å²) in [6.45, 7) is 27.9. The van der Waals surface area contributed by atoms with E-state index in [9.17, 15) is 0 Å². The summed E-state index contributed by atoms with van der Waals surface area (Å²) >= 11 is 0. The van der Waals surface area contributed by atoms with Crippen LogP contribution in [0, 0.1) is 0 Å². The molecule has 0 bridgehead atoms. The van der Waals surface area contributed by atoms with E-state index in [-0.39, 0.29) is 28.4 Å². The summed E-state index contributed by atoms with van der Waals surface area (Å²) in [6, 6.07) is 54.9. The molecule has 0 N–H and O–H groups in total. The predicted octanol–water partition coefficient (Wildman–Crippen LogP) is 15.1. The monoisotopic (exact) mass is 861 g/mol. The quantitative estimate of drug-likeness (QED) is 0.166. The number of oxazole rings is 1. The third-order valence-electron chi connectivity index (χ3n) is 14.2. The van der Waals surface area contributed by atoms with Crippen LogP contribution in [0.5, 0.6) is 0 Å². The first-order chi connectivity index (χ1) is 31.2. The first kappa shape index (κ1) is 42.1. The summed E-state index contributed by atoms with van der Waals surface area (Å²) in [5.74, 6) is 0.608. The molecule has 1 aromatic heterocycles. The van der Waals surface area contributed by atoms with Gasteiger partial charge in [-0.3, -0.25) is 0 Å². The number of benzene rings is 8. The van der Waals surface area contributed by atoms with Gasteiger partial charge >= 0.3 is 0 Å². The number of nitrogens with zero attached hydrogens (tertiary/aromatic N) is 3. The molecule has 8 aromatic carbocycles. The van der Waals surface area contributed by atoms with Gasteiger partial charge in [0.2, 0.25) is 5.89 Å². The third kappa shape index (κ3) is 6.76. The van der Waals surface area contributed by atoms with Crippen LogP contribution in [0.2, 0.25) is 0 Å². The minimum atomic E-state index is -0.0883. The molecule has 0 radical (unpaired) electrons. The Balaban J connectivity index is 1.34. The summed E-state index contributed by atoms with van der Waals surface area (Å²) in [4.78, 5) is 10.4. The Hall–Kier alpha value is -6.59. The second kappa shape index (κ2) is 14.5. The molecule has 3 heterocycles. The molecule has 5 heteroatoms. The van der Waals surface area contributed by atoms with Gasteiger partial charge in [-0.2, -0.15) is 0 Å². The van der Waals surface area contributed by atoms with Crippen LogP contribution >= 0.6 is 0 Å². The van der Waals surface area contributed by atoms with Crippen molar-refractivity contribution in [1.29, 1.82) is 0 Å². The minimum Gasteiger partial charge on any atom is -0.436 e. The zero-order valence-corrected chi connectivity index (χ0v) is 40.7. The molecule has 0 aliphatic carbocycles. The number of fused-ring (bicyclic) bond motifs is 9. The fourth-order valence-electron chi connectivity index (χ4n) is 10.4. The van der Waals surface area contributed by atoms with Crippen molar-refractivity contribution >= 4 is 89.9 Å². The highest BCUT2D eigenvalue weighted by molar-refractivity contribution is 7.00. The molecule has 2 aliphatic heterocycles. The maximum atomic E-state index is 6.76. The molecule has 4 nitrogen and oxygen atoms in total. The summed E-state index contributed by atoms with van der Waals surface area (Å²) in [7, 11) is 0. The fourth-order valence-corrected chi connectivity index (χ4v) is 10.4. The van der Waals surface area contributed by atoms with Crippen molar-refractivity contribution in [2.24, 2.45) is 0 Å². The molecule has 0 spiro atoms. The largest absolute Gasteiger partial charge is 0.436 e. The van der Waals surface area contributed by atoms with E-state index in [1.165, 1.54) is 71.6 Å². The van der Waals surface area contributed by atoms with Gasteiger partial charge in [0.1, 0.15) is 5.52 Å². The second-order valence-corrected chi connectivity index (χ2v) is 23.0. The highest BCUT2D eigenvalue weighted by atomic mass is 16.3. The van der Waals surface area contributed by atoms with E-state index in [2.05, 4.69) is 214 Å². The van der Waals surface area contributed by atoms with Gasteiger partial charge in [-0.15, -0.1) is 0 Å². The number of hydrogen-bond acceptors (Lipinski definition) is 4. The normalized spacial score (nSPS) is 14.0. The molecule has 0 fully saturated rings. The molecular weight excluding hydrogens is 802 g/mol. The Labute approximate surface area is 391 Å². The van der Waals surface area contributed by atoms with Crippen molar-refractivity contribution in [2.45, 2.75) is 105 Å². The lowest BCUT2D eigenvalue weighted by molar-refractivity contribution is 0.568. The van der Waals surface area contributed by atoms with Crippen molar-refractivity contribution in [3.8, 4) is 11.5 Å². The Bertz CT molecular complexity index is 3150. The summed E-state index contributed by atoms with van der Waals surface area (Å²) < 4.78 is 6.76. The van der Waals surface area contributed by atoms with Gasteiger partial charge in [0, 0.05) is 50.5 Å². The molecule has 0 saturated carbocycles. The molecule has 11 rings (SSSR count). The van der Waals surface area contributed by atoms with Gasteiger partial charge in [0.25, 0.3) is 6.71 Å². The lowest BCUT2D eigenvalue weighted by atomic mass is 9.33. The van der Waals surface area contributed by atoms with E-state index in [1.807, 2.05) is 24.3 Å². The van der Waals surface area contributed by atoms with E-state index >= 15 is 0 Å². The maximum Gasteiger partial charge on any atom is 0.252 e. The van der Waals surface area contributed by atoms with Crippen LogP contribution in [0.1, 0.15) is 105 Å². The van der Waals surface area contributed by atoms with E-state index in [0.717, 1.165) is 39.4 Å². The summed E-state index contributed by atoms with van der Waals surface area (Å²) in [6.07, 6.45) is 0. The standard InChI is InChI=1S/C61H60BN3O/c1-58(2,3)40-31-41(59(4,5)6)34-44(33-40)64-51-29-39(57-63-50-23-17-18-24-53(50)66-57)30-52-54(51)62(48-27-25-37-19-13-15-21-46(37)55(48)64)49-28-26-38-20-14-16-22-47(38)56(49)65(52)45-35-42(60(7,8)9)32-43(36-45)61(10,11)12/h13-36H,1-12H3. The Kier molecular flexibility index (Phi) is 9.22. The molecule has 0 saturated heterocycles. The Morgan fingerprint density at radius 2 is 0.848 bits per heavy atom. The lowest BCUT2D eigenvalue weighted by Crippen LogP contribution is -2.61. The van der Waals surface area contributed by atoms with E-state index < -0.39 is 0 Å². The Morgan fingerprint density at radius 1 is 0.439 bits per heavy atom. The number of para-hydroxylation sites is 2. The zero-order chi connectivity index (χ0) is 46.2. The highest BCUT2D eigenvalue weighted by Crippen LogP contribution is 2.51. The lowest BCUT2D eigenvalue weighted by Gasteiger charge is -2.45. The van der Waals surface area contributed by atoms with Gasteiger partial charge in [-0.05, 0) is 120 Å². The van der Waals surface area contributed by atoms with Crippen molar-refractivity contribution in [3.05, 3.63) is 168 Å². The van der Waals surface area contributed by atoms with E-state index in [0.29, 0.717) is 5.89 Å². The second-order valence-electron chi connectivity index (χ2n) is 23.0. The molecule has 0 unspecified atom stereocenters. The number of hydrogen-bond donors (Lipinski definition) is 0. The highest BCUT2D eigenvalue weighted by Gasteiger charge is 2.45. The van der Waals surface area contributed by atoms with E-state index in [1.54, 1.807) is 0 Å². The van der Waals surface area contributed by atoms with Gasteiger partial charge in [0.15, 0.2) is 5.58 Å². The average Bonchev–Trinajstić information content (AvgIpc) is 3.72. The van der Waals surface area contributed by atoms with Crippen LogP contribution in [-0.4, -0.2) is 11.7 Å². The molecule has 0 atom stereocenters. The first-order valence-corrected chi connectivity index (χ1v) is 23.7. The van der Waals surface area contributed by atoms with Gasteiger partial charge in [0.05, 0.1) is 0 Å². The van der Waals surface area contributed by atoms with E-state index in [4.69, 9.17) is 9.40 Å². The Morgan fingerprint density at radius 3 is 1.27 bits per heavy atom. The first-order valence-electron chi connectivity index (χ1n) is 23.7. The van der Waals surface area contributed by atoms with Crippen LogP contribution in [-0.2, 0) is 21.7 Å². The predicted molar refractivity (Wildman–Crippen MR) is 283 cm³/mol. The van der Waals surface area contributed by atoms with Crippen LogP contribution in [0.3, 0.4) is 0 Å². The van der Waals surface area contributed by atoms with Crippen molar-refractivity contribution in [1.82, 2.24) is 4.98 Å². The van der Waals surface area contributed by atoms with Crippen molar-refractivity contribution in [2.75, 3.05) is 9.80 Å². The number of aromatic nitrogens is 1. The zero-order valence-electron chi connectivity index (χ0n) is 40.7. The van der Waals surface area contributed by atoms with Crippen LogP contribution in [0.25, 0.3) is 44.1 Å². The van der Waals surface area contributed by atoms with Gasteiger partial charge in [-0.25, -0.2) is 4.98 Å². The topological polar surface area (TPSA) is 32.5 Å². The molecule has 0 amide bonds. The van der Waals surface area contributed by atoms with Crippen molar-refractivity contribution < 1.29 is 4.42 Å². The number of anilines is 6. The van der Waals surface area contributed by atoms with Crippen LogP contribution in [0.15, 0.2) is 150 Å². The SMILES string of the molecule is CC(C)(C)c1cc(N2c3cc(-c4nc5ccccc5o4)cc4c3B(c3ccc5ccccc5c32)c2ccc3ccccc3c2N4c2cc(C(C)(C)C)cc(C(C)(C)C)c2)cc(C(C)(C)C)c1.